The van der Waals surface area contributed by atoms with Crippen LogP contribution in [0.25, 0.3) is 0 Å². The van der Waals surface area contributed by atoms with Crippen LogP contribution in [-0.2, 0) is 17.6 Å². The number of anilines is 1. The number of aromatic nitrogens is 3. The van der Waals surface area contributed by atoms with Gasteiger partial charge in [0.2, 0.25) is 11.8 Å². The minimum absolute atomic E-state index is 0.135. The lowest BCUT2D eigenvalue weighted by atomic mass is 9.92. The summed E-state index contributed by atoms with van der Waals surface area (Å²) >= 11 is 0. The van der Waals surface area contributed by atoms with Crippen LogP contribution in [0.2, 0.25) is 0 Å². The molecule has 0 saturated carbocycles. The summed E-state index contributed by atoms with van der Waals surface area (Å²) in [6.07, 6.45) is 4.61. The number of piperidine rings is 1. The highest BCUT2D eigenvalue weighted by molar-refractivity contribution is 5.76. The van der Waals surface area contributed by atoms with E-state index in [2.05, 4.69) is 25.3 Å². The number of β-amino-alcohol motifs (C(OH)–C–C–N with tert-alkyl or cyclic N) is 1. The van der Waals surface area contributed by atoms with Gasteiger partial charge in [-0.1, -0.05) is 18.1 Å². The van der Waals surface area contributed by atoms with E-state index in [1.165, 1.54) is 0 Å². The van der Waals surface area contributed by atoms with E-state index in [1.807, 2.05) is 25.1 Å². The molecule has 1 fully saturated rings. The molecule has 2 aromatic rings. The van der Waals surface area contributed by atoms with E-state index in [4.69, 9.17) is 4.52 Å². The molecule has 0 unspecified atom stereocenters. The molecule has 140 valence electrons. The van der Waals surface area contributed by atoms with Gasteiger partial charge in [-0.05, 0) is 25.0 Å². The number of nitrogens with one attached hydrogen (secondary N) is 1. The second kappa shape index (κ2) is 8.27. The first-order valence-corrected chi connectivity index (χ1v) is 9.04. The molecule has 3 rings (SSSR count). The number of pyridine rings is 1. The number of hydrogen-bond acceptors (Lipinski definition) is 7. The van der Waals surface area contributed by atoms with Crippen molar-refractivity contribution in [2.45, 2.75) is 44.6 Å². The van der Waals surface area contributed by atoms with Crippen LogP contribution in [-0.4, -0.2) is 51.4 Å². The molecule has 1 amide bonds. The van der Waals surface area contributed by atoms with E-state index in [-0.39, 0.29) is 18.9 Å². The van der Waals surface area contributed by atoms with Crippen LogP contribution in [0.5, 0.6) is 0 Å². The number of rotatable bonds is 7. The van der Waals surface area contributed by atoms with E-state index in [0.29, 0.717) is 37.5 Å². The van der Waals surface area contributed by atoms with Crippen LogP contribution in [0.15, 0.2) is 28.9 Å². The third-order valence-corrected chi connectivity index (χ3v) is 4.54. The lowest BCUT2D eigenvalue weighted by molar-refractivity contribution is -0.122. The van der Waals surface area contributed by atoms with Gasteiger partial charge in [-0.2, -0.15) is 4.98 Å². The first-order valence-electron chi connectivity index (χ1n) is 9.04. The highest BCUT2D eigenvalue weighted by Gasteiger charge is 2.34. The molecule has 0 aliphatic carbocycles. The van der Waals surface area contributed by atoms with E-state index in [0.717, 1.165) is 18.8 Å². The quantitative estimate of drug-likeness (QED) is 0.763. The fourth-order valence-corrected chi connectivity index (χ4v) is 3.10. The van der Waals surface area contributed by atoms with Crippen molar-refractivity contribution in [1.82, 2.24) is 20.4 Å². The molecule has 2 N–H and O–H groups in total. The third kappa shape index (κ3) is 4.78. The Labute approximate surface area is 152 Å². The molecule has 1 aliphatic rings. The van der Waals surface area contributed by atoms with Crippen molar-refractivity contribution in [3.63, 3.8) is 0 Å². The number of amides is 1. The first kappa shape index (κ1) is 18.3. The number of carbonyl (C=O) groups excluding carboxylic acids is 1. The van der Waals surface area contributed by atoms with E-state index in [1.54, 1.807) is 6.20 Å². The summed E-state index contributed by atoms with van der Waals surface area (Å²) in [5.74, 6) is 1.82. The van der Waals surface area contributed by atoms with Gasteiger partial charge >= 0.3 is 0 Å². The molecule has 0 aromatic carbocycles. The van der Waals surface area contributed by atoms with Gasteiger partial charge in [0.1, 0.15) is 5.82 Å². The van der Waals surface area contributed by atoms with Crippen LogP contribution < -0.4 is 10.2 Å². The standard InChI is InChI=1S/C18H25N5O3/c1-2-14-21-17(26-22-14)8-7-16(24)20-12-18(25)9-5-11-23(13-18)15-6-3-4-10-19-15/h3-4,6,10,25H,2,5,7-9,11-13H2,1H3,(H,20,24)/t18-/m1/s1. The number of hydrogen-bond donors (Lipinski definition) is 2. The molecule has 2 aromatic heterocycles. The van der Waals surface area contributed by atoms with E-state index < -0.39 is 5.60 Å². The Bertz CT molecular complexity index is 721. The summed E-state index contributed by atoms with van der Waals surface area (Å²) < 4.78 is 5.08. The fraction of sp³-hybridized carbons (Fsp3) is 0.556. The average Bonchev–Trinajstić information content (AvgIpc) is 3.14. The van der Waals surface area contributed by atoms with Crippen LogP contribution in [0.1, 0.15) is 37.9 Å². The molecular weight excluding hydrogens is 334 g/mol. The maximum absolute atomic E-state index is 12.1. The molecule has 0 bridgehead atoms. The monoisotopic (exact) mass is 359 g/mol. The molecule has 3 heterocycles. The molecule has 8 nitrogen and oxygen atoms in total. The second-order valence-corrected chi connectivity index (χ2v) is 6.67. The SMILES string of the molecule is CCc1noc(CCC(=O)NC[C@]2(O)CCCN(c3ccccn3)C2)n1. The Hall–Kier alpha value is -2.48. The predicted octanol–water partition coefficient (Wildman–Crippen LogP) is 1.11. The summed E-state index contributed by atoms with van der Waals surface area (Å²) in [7, 11) is 0. The first-order chi connectivity index (χ1) is 12.6. The van der Waals surface area contributed by atoms with Crippen LogP contribution in [0.3, 0.4) is 0 Å². The Morgan fingerprint density at radius 1 is 1.46 bits per heavy atom. The van der Waals surface area contributed by atoms with Gasteiger partial charge in [-0.3, -0.25) is 4.79 Å². The van der Waals surface area contributed by atoms with Gasteiger partial charge < -0.3 is 19.8 Å². The Morgan fingerprint density at radius 2 is 2.35 bits per heavy atom. The highest BCUT2D eigenvalue weighted by Crippen LogP contribution is 2.24. The molecular formula is C18H25N5O3. The number of aliphatic hydroxyl groups is 1. The van der Waals surface area contributed by atoms with Crippen molar-refractivity contribution in [1.29, 1.82) is 0 Å². The predicted molar refractivity (Wildman–Crippen MR) is 95.6 cm³/mol. The lowest BCUT2D eigenvalue weighted by Crippen LogP contribution is -2.54. The molecule has 0 radical (unpaired) electrons. The van der Waals surface area contributed by atoms with Crippen molar-refractivity contribution in [3.05, 3.63) is 36.1 Å². The van der Waals surface area contributed by atoms with Crippen LogP contribution in [0.4, 0.5) is 5.82 Å². The van der Waals surface area contributed by atoms with Gasteiger partial charge in [-0.25, -0.2) is 4.98 Å². The fourth-order valence-electron chi connectivity index (χ4n) is 3.10. The number of nitrogens with zero attached hydrogens (tertiary/aromatic N) is 4. The Morgan fingerprint density at radius 3 is 3.08 bits per heavy atom. The van der Waals surface area contributed by atoms with Crippen molar-refractivity contribution in [2.75, 3.05) is 24.5 Å². The number of aryl methyl sites for hydroxylation is 2. The normalized spacial score (nSPS) is 20.2. The maximum Gasteiger partial charge on any atom is 0.227 e. The Kier molecular flexibility index (Phi) is 5.82. The van der Waals surface area contributed by atoms with Crippen LogP contribution in [0, 0.1) is 0 Å². The summed E-state index contributed by atoms with van der Waals surface area (Å²) in [5, 5.41) is 17.5. The van der Waals surface area contributed by atoms with E-state index >= 15 is 0 Å². The molecule has 1 saturated heterocycles. The summed E-state index contributed by atoms with van der Waals surface area (Å²) in [6.45, 7) is 3.47. The Balaban J connectivity index is 1.47. The zero-order valence-corrected chi connectivity index (χ0v) is 15.0. The molecule has 1 aliphatic heterocycles. The summed E-state index contributed by atoms with van der Waals surface area (Å²) in [5.41, 5.74) is -0.953. The van der Waals surface area contributed by atoms with Crippen molar-refractivity contribution in [2.24, 2.45) is 0 Å². The minimum Gasteiger partial charge on any atom is -0.386 e. The largest absolute Gasteiger partial charge is 0.386 e. The molecule has 1 atom stereocenters. The van der Waals surface area contributed by atoms with Gasteiger partial charge in [-0.15, -0.1) is 0 Å². The summed E-state index contributed by atoms with van der Waals surface area (Å²) in [6, 6.07) is 5.73. The van der Waals surface area contributed by atoms with Crippen LogP contribution >= 0.6 is 0 Å². The second-order valence-electron chi connectivity index (χ2n) is 6.67. The number of carbonyl (C=O) groups is 1. The maximum atomic E-state index is 12.1. The van der Waals surface area contributed by atoms with Gasteiger partial charge in [0, 0.05) is 45.1 Å². The smallest absolute Gasteiger partial charge is 0.227 e. The third-order valence-electron chi connectivity index (χ3n) is 4.54. The minimum atomic E-state index is -0.953. The summed E-state index contributed by atoms with van der Waals surface area (Å²) in [4.78, 5) is 22.7. The molecule has 26 heavy (non-hydrogen) atoms. The average molecular weight is 359 g/mol. The van der Waals surface area contributed by atoms with Gasteiger partial charge in [0.05, 0.1) is 5.60 Å². The molecule has 0 spiro atoms. The van der Waals surface area contributed by atoms with E-state index in [9.17, 15) is 9.90 Å². The van der Waals surface area contributed by atoms with Gasteiger partial charge in [0.15, 0.2) is 5.82 Å². The topological polar surface area (TPSA) is 104 Å². The lowest BCUT2D eigenvalue weighted by Gasteiger charge is -2.39. The zero-order valence-electron chi connectivity index (χ0n) is 15.0. The van der Waals surface area contributed by atoms with Crippen molar-refractivity contribution < 1.29 is 14.4 Å². The van der Waals surface area contributed by atoms with Gasteiger partial charge in [0.25, 0.3) is 0 Å². The van der Waals surface area contributed by atoms with Crippen molar-refractivity contribution in [3.8, 4) is 0 Å². The molecule has 8 heteroatoms. The highest BCUT2D eigenvalue weighted by atomic mass is 16.5. The van der Waals surface area contributed by atoms with Crippen molar-refractivity contribution >= 4 is 11.7 Å². The zero-order chi connectivity index (χ0) is 18.4.